The maximum atomic E-state index is 13.2. The third-order valence-electron chi connectivity index (χ3n) is 7.41. The van der Waals surface area contributed by atoms with Crippen LogP contribution >= 0.6 is 0 Å². The van der Waals surface area contributed by atoms with Crippen LogP contribution in [0.15, 0.2) is 30.4 Å². The topological polar surface area (TPSA) is 52.6 Å². The van der Waals surface area contributed by atoms with Crippen LogP contribution in [0, 0.1) is 11.3 Å². The minimum absolute atomic E-state index is 0.0124. The fraction of sp³-hybridized carbons (Fsp3) is 0.615. The zero-order valence-corrected chi connectivity index (χ0v) is 19.2. The molecule has 1 aromatic rings. The Labute approximate surface area is 181 Å². The SMILES string of the molecule is C=C(C)C(=O)OCCOC(=O)[C@]1(C)CCC[C@]2(C)c3ccc(C(C)C)cc3CC[C@@H]12. The summed E-state index contributed by atoms with van der Waals surface area (Å²) in [5.74, 6) is 0.159. The van der Waals surface area contributed by atoms with Gasteiger partial charge in [0.1, 0.15) is 13.2 Å². The summed E-state index contributed by atoms with van der Waals surface area (Å²) in [5, 5.41) is 0. The molecule has 0 unspecified atom stereocenters. The van der Waals surface area contributed by atoms with Crippen LogP contribution < -0.4 is 0 Å². The van der Waals surface area contributed by atoms with E-state index in [1.54, 1.807) is 6.92 Å². The maximum absolute atomic E-state index is 13.2. The summed E-state index contributed by atoms with van der Waals surface area (Å²) in [6.45, 7) is 14.2. The van der Waals surface area contributed by atoms with E-state index < -0.39 is 11.4 Å². The van der Waals surface area contributed by atoms with Gasteiger partial charge in [-0.05, 0) is 73.5 Å². The van der Waals surface area contributed by atoms with Crippen molar-refractivity contribution in [1.29, 1.82) is 0 Å². The second-order valence-corrected chi connectivity index (χ2v) is 9.90. The molecule has 1 aromatic carbocycles. The number of carbonyl (C=O) groups is 2. The average Bonchev–Trinajstić information content (AvgIpc) is 2.70. The monoisotopic (exact) mass is 412 g/mol. The normalized spacial score (nSPS) is 27.7. The fourth-order valence-corrected chi connectivity index (χ4v) is 5.67. The highest BCUT2D eigenvalue weighted by Gasteiger charge is 2.55. The summed E-state index contributed by atoms with van der Waals surface area (Å²) in [5.41, 5.74) is 4.07. The molecule has 0 spiro atoms. The van der Waals surface area contributed by atoms with Gasteiger partial charge >= 0.3 is 11.9 Å². The maximum Gasteiger partial charge on any atom is 0.333 e. The quantitative estimate of drug-likeness (QED) is 0.352. The molecule has 164 valence electrons. The zero-order valence-electron chi connectivity index (χ0n) is 19.2. The predicted octanol–water partition coefficient (Wildman–Crippen LogP) is 5.48. The molecule has 0 amide bonds. The van der Waals surface area contributed by atoms with Crippen LogP contribution in [0.3, 0.4) is 0 Å². The summed E-state index contributed by atoms with van der Waals surface area (Å²) in [6.07, 6.45) is 4.97. The largest absolute Gasteiger partial charge is 0.462 e. The van der Waals surface area contributed by atoms with E-state index in [9.17, 15) is 9.59 Å². The Morgan fingerprint density at radius 2 is 1.87 bits per heavy atom. The number of aryl methyl sites for hydroxylation is 1. The van der Waals surface area contributed by atoms with Crippen molar-refractivity contribution >= 4 is 11.9 Å². The van der Waals surface area contributed by atoms with Crippen LogP contribution in [0.25, 0.3) is 0 Å². The zero-order chi connectivity index (χ0) is 22.1. The first-order valence-electron chi connectivity index (χ1n) is 11.2. The Kier molecular flexibility index (Phi) is 6.45. The lowest BCUT2D eigenvalue weighted by molar-refractivity contribution is -0.167. The highest BCUT2D eigenvalue weighted by Crippen LogP contribution is 2.57. The molecule has 2 aliphatic rings. The van der Waals surface area contributed by atoms with E-state index in [4.69, 9.17) is 9.47 Å². The molecule has 30 heavy (non-hydrogen) atoms. The molecule has 0 bridgehead atoms. The van der Waals surface area contributed by atoms with Gasteiger partial charge in [-0.25, -0.2) is 4.79 Å². The van der Waals surface area contributed by atoms with Crippen molar-refractivity contribution in [2.24, 2.45) is 11.3 Å². The van der Waals surface area contributed by atoms with Gasteiger partial charge in [-0.3, -0.25) is 4.79 Å². The molecule has 0 N–H and O–H groups in total. The van der Waals surface area contributed by atoms with Crippen LogP contribution in [0.5, 0.6) is 0 Å². The number of benzene rings is 1. The van der Waals surface area contributed by atoms with Gasteiger partial charge in [0.15, 0.2) is 0 Å². The second-order valence-electron chi connectivity index (χ2n) is 9.90. The summed E-state index contributed by atoms with van der Waals surface area (Å²) in [7, 11) is 0. The molecule has 0 radical (unpaired) electrons. The van der Waals surface area contributed by atoms with Gasteiger partial charge in [0.25, 0.3) is 0 Å². The molecular formula is C26H36O4. The van der Waals surface area contributed by atoms with E-state index in [1.807, 2.05) is 0 Å². The Morgan fingerprint density at radius 3 is 2.53 bits per heavy atom. The first-order valence-corrected chi connectivity index (χ1v) is 11.2. The Bertz CT molecular complexity index is 839. The number of fused-ring (bicyclic) bond motifs is 3. The van der Waals surface area contributed by atoms with Gasteiger partial charge in [0.05, 0.1) is 5.41 Å². The van der Waals surface area contributed by atoms with E-state index in [0.717, 1.165) is 32.1 Å². The summed E-state index contributed by atoms with van der Waals surface area (Å²) in [6, 6.07) is 6.95. The molecule has 1 fully saturated rings. The first kappa shape index (κ1) is 22.6. The number of rotatable bonds is 6. The number of hydrogen-bond donors (Lipinski definition) is 0. The van der Waals surface area contributed by atoms with Crippen molar-refractivity contribution in [1.82, 2.24) is 0 Å². The molecule has 0 heterocycles. The molecule has 0 aliphatic heterocycles. The second kappa shape index (κ2) is 8.56. The van der Waals surface area contributed by atoms with Gasteiger partial charge in [-0.15, -0.1) is 0 Å². The summed E-state index contributed by atoms with van der Waals surface area (Å²) in [4.78, 5) is 24.7. The third kappa shape index (κ3) is 4.06. The van der Waals surface area contributed by atoms with Crippen LogP contribution in [0.1, 0.15) is 82.9 Å². The molecule has 3 rings (SSSR count). The average molecular weight is 413 g/mol. The van der Waals surface area contributed by atoms with E-state index in [-0.39, 0.29) is 30.5 Å². The lowest BCUT2D eigenvalue weighted by atomic mass is 9.49. The number of carbonyl (C=O) groups excluding carboxylic acids is 2. The molecule has 4 nitrogen and oxygen atoms in total. The van der Waals surface area contributed by atoms with Crippen molar-refractivity contribution in [3.63, 3.8) is 0 Å². The lowest BCUT2D eigenvalue weighted by Crippen LogP contribution is -2.53. The Balaban J connectivity index is 1.75. The molecule has 4 heteroatoms. The third-order valence-corrected chi connectivity index (χ3v) is 7.41. The van der Waals surface area contributed by atoms with Gasteiger partial charge in [-0.1, -0.05) is 52.0 Å². The van der Waals surface area contributed by atoms with E-state index in [2.05, 4.69) is 52.5 Å². The van der Waals surface area contributed by atoms with Crippen LogP contribution in [-0.2, 0) is 30.9 Å². The molecule has 1 saturated carbocycles. The summed E-state index contributed by atoms with van der Waals surface area (Å²) < 4.78 is 10.7. The smallest absolute Gasteiger partial charge is 0.333 e. The highest BCUT2D eigenvalue weighted by atomic mass is 16.6. The van der Waals surface area contributed by atoms with E-state index >= 15 is 0 Å². The van der Waals surface area contributed by atoms with Crippen LogP contribution in [-0.4, -0.2) is 25.2 Å². The van der Waals surface area contributed by atoms with Gasteiger partial charge < -0.3 is 9.47 Å². The lowest BCUT2D eigenvalue weighted by Gasteiger charge is -2.54. The first-order chi connectivity index (χ1) is 14.1. The molecule has 0 aromatic heterocycles. The van der Waals surface area contributed by atoms with Gasteiger partial charge in [0, 0.05) is 5.57 Å². The fourth-order valence-electron chi connectivity index (χ4n) is 5.67. The summed E-state index contributed by atoms with van der Waals surface area (Å²) >= 11 is 0. The molecular weight excluding hydrogens is 376 g/mol. The molecule has 3 atom stereocenters. The number of esters is 2. The van der Waals surface area contributed by atoms with Gasteiger partial charge in [-0.2, -0.15) is 0 Å². The standard InChI is InChI=1S/C26H36O4/c1-17(2)19-8-10-21-20(16-19)9-11-22-25(21,5)12-7-13-26(22,6)24(28)30-15-14-29-23(27)18(3)4/h8,10,16-17,22H,3,7,9,11-15H2,1-2,4-6H3/t22-,25-,26-/m1/s1. The molecule has 0 saturated heterocycles. The van der Waals surface area contributed by atoms with Crippen molar-refractivity contribution in [2.45, 2.75) is 78.1 Å². The number of hydrogen-bond acceptors (Lipinski definition) is 4. The van der Waals surface area contributed by atoms with Crippen molar-refractivity contribution in [2.75, 3.05) is 13.2 Å². The van der Waals surface area contributed by atoms with Crippen LogP contribution in [0.4, 0.5) is 0 Å². The van der Waals surface area contributed by atoms with E-state index in [1.165, 1.54) is 16.7 Å². The highest BCUT2D eigenvalue weighted by molar-refractivity contribution is 5.86. The van der Waals surface area contributed by atoms with Gasteiger partial charge in [0.2, 0.25) is 0 Å². The minimum atomic E-state index is -0.514. The van der Waals surface area contributed by atoms with Crippen molar-refractivity contribution in [3.8, 4) is 0 Å². The minimum Gasteiger partial charge on any atom is -0.462 e. The van der Waals surface area contributed by atoms with Crippen molar-refractivity contribution in [3.05, 3.63) is 47.0 Å². The van der Waals surface area contributed by atoms with Crippen LogP contribution in [0.2, 0.25) is 0 Å². The number of ether oxygens (including phenoxy) is 2. The Morgan fingerprint density at radius 1 is 1.17 bits per heavy atom. The van der Waals surface area contributed by atoms with E-state index in [0.29, 0.717) is 11.5 Å². The predicted molar refractivity (Wildman–Crippen MR) is 118 cm³/mol. The molecule has 2 aliphatic carbocycles. The van der Waals surface area contributed by atoms with Crippen molar-refractivity contribution < 1.29 is 19.1 Å². The Hall–Kier alpha value is -2.10.